The number of fused-ring (bicyclic) bond motifs is 1. The molecule has 0 heterocycles. The first-order valence-electron chi connectivity index (χ1n) is 8.68. The van der Waals surface area contributed by atoms with Crippen molar-refractivity contribution < 1.29 is 5.11 Å². The summed E-state index contributed by atoms with van der Waals surface area (Å²) in [6.45, 7) is 9.35. The van der Waals surface area contributed by atoms with Crippen molar-refractivity contribution in [3.63, 3.8) is 0 Å². The Labute approximate surface area is 130 Å². The summed E-state index contributed by atoms with van der Waals surface area (Å²) in [6.07, 6.45) is 8.21. The molecular formula is C20H32O. The highest BCUT2D eigenvalue weighted by molar-refractivity contribution is 5.25. The van der Waals surface area contributed by atoms with Gasteiger partial charge in [0, 0.05) is 0 Å². The van der Waals surface area contributed by atoms with Crippen molar-refractivity contribution in [2.75, 3.05) is 0 Å². The standard InChI is InChI=1S/C10H14O.C10H18/c1-2-3-4-9-5-7-10(11)8-6-9;1-10(2,3)9-5-7-4-8(7)6-9/h5-8,11H,2-4H2,1H3;7-9H,4-6H2,1-3H3. The summed E-state index contributed by atoms with van der Waals surface area (Å²) >= 11 is 0. The second-order valence-electron chi connectivity index (χ2n) is 8.06. The van der Waals surface area contributed by atoms with Crippen LogP contribution in [-0.4, -0.2) is 5.11 Å². The molecule has 0 amide bonds. The van der Waals surface area contributed by atoms with Crippen molar-refractivity contribution in [1.29, 1.82) is 0 Å². The fraction of sp³-hybridized carbons (Fsp3) is 0.700. The molecule has 2 atom stereocenters. The summed E-state index contributed by atoms with van der Waals surface area (Å²) < 4.78 is 0. The molecule has 0 radical (unpaired) electrons. The molecular weight excluding hydrogens is 256 g/mol. The van der Waals surface area contributed by atoms with Gasteiger partial charge >= 0.3 is 0 Å². The van der Waals surface area contributed by atoms with Crippen LogP contribution >= 0.6 is 0 Å². The number of aromatic hydroxyl groups is 1. The lowest BCUT2D eigenvalue weighted by Gasteiger charge is -2.27. The molecule has 3 rings (SSSR count). The minimum Gasteiger partial charge on any atom is -0.508 e. The van der Waals surface area contributed by atoms with E-state index in [4.69, 9.17) is 5.11 Å². The van der Waals surface area contributed by atoms with E-state index in [0.717, 1.165) is 24.2 Å². The Bertz CT molecular complexity index is 416. The van der Waals surface area contributed by atoms with Gasteiger partial charge in [0.1, 0.15) is 5.75 Å². The Kier molecular flexibility index (Phi) is 5.35. The van der Waals surface area contributed by atoms with Gasteiger partial charge in [-0.2, -0.15) is 0 Å². The normalized spacial score (nSPS) is 26.8. The summed E-state index contributed by atoms with van der Waals surface area (Å²) in [5.41, 5.74) is 1.90. The maximum absolute atomic E-state index is 8.98. The second-order valence-corrected chi connectivity index (χ2v) is 8.06. The van der Waals surface area contributed by atoms with Crippen LogP contribution < -0.4 is 0 Å². The first kappa shape index (κ1) is 16.4. The van der Waals surface area contributed by atoms with Crippen molar-refractivity contribution in [2.45, 2.75) is 66.2 Å². The van der Waals surface area contributed by atoms with Crippen molar-refractivity contribution in [3.05, 3.63) is 29.8 Å². The molecule has 118 valence electrons. The Morgan fingerprint density at radius 1 is 1.00 bits per heavy atom. The van der Waals surface area contributed by atoms with E-state index in [-0.39, 0.29) is 0 Å². The van der Waals surface area contributed by atoms with Crippen LogP contribution in [0.1, 0.15) is 65.4 Å². The number of hydrogen-bond acceptors (Lipinski definition) is 1. The molecule has 2 unspecified atom stereocenters. The zero-order chi connectivity index (χ0) is 15.5. The van der Waals surface area contributed by atoms with E-state index in [2.05, 4.69) is 27.7 Å². The summed E-state index contributed by atoms with van der Waals surface area (Å²) in [7, 11) is 0. The van der Waals surface area contributed by atoms with Crippen molar-refractivity contribution in [3.8, 4) is 5.75 Å². The lowest BCUT2D eigenvalue weighted by atomic mass is 9.78. The Morgan fingerprint density at radius 3 is 2.00 bits per heavy atom. The first-order chi connectivity index (χ1) is 9.90. The molecule has 0 spiro atoms. The van der Waals surface area contributed by atoms with Gasteiger partial charge in [-0.25, -0.2) is 0 Å². The molecule has 0 saturated heterocycles. The zero-order valence-electron chi connectivity index (χ0n) is 14.2. The average molecular weight is 288 g/mol. The number of hydrogen-bond donors (Lipinski definition) is 1. The number of aryl methyl sites for hydroxylation is 1. The Morgan fingerprint density at radius 2 is 1.57 bits per heavy atom. The maximum Gasteiger partial charge on any atom is 0.115 e. The van der Waals surface area contributed by atoms with Crippen molar-refractivity contribution in [2.24, 2.45) is 23.2 Å². The van der Waals surface area contributed by atoms with Crippen LogP contribution in [0.4, 0.5) is 0 Å². The van der Waals surface area contributed by atoms with E-state index in [1.54, 1.807) is 18.6 Å². The van der Waals surface area contributed by atoms with Crippen molar-refractivity contribution in [1.82, 2.24) is 0 Å². The average Bonchev–Trinajstić information content (AvgIpc) is 3.04. The quantitative estimate of drug-likeness (QED) is 0.743. The van der Waals surface area contributed by atoms with Crippen LogP contribution in [-0.2, 0) is 6.42 Å². The highest BCUT2D eigenvalue weighted by atomic mass is 16.3. The van der Waals surface area contributed by atoms with Gasteiger partial charge in [0.25, 0.3) is 0 Å². The molecule has 0 aromatic heterocycles. The van der Waals surface area contributed by atoms with Gasteiger partial charge < -0.3 is 5.11 Å². The van der Waals surface area contributed by atoms with Crippen LogP contribution in [0.15, 0.2) is 24.3 Å². The minimum atomic E-state index is 0.352. The second kappa shape index (κ2) is 6.85. The van der Waals surface area contributed by atoms with Gasteiger partial charge in [-0.05, 0) is 73.0 Å². The SMILES string of the molecule is CC(C)(C)C1CC2CC2C1.CCCCc1ccc(O)cc1. The summed E-state index contributed by atoms with van der Waals surface area (Å²) in [4.78, 5) is 0. The van der Waals surface area contributed by atoms with Gasteiger partial charge in [0.2, 0.25) is 0 Å². The third-order valence-electron chi connectivity index (χ3n) is 5.22. The molecule has 2 aliphatic rings. The lowest BCUT2D eigenvalue weighted by Crippen LogP contribution is -2.18. The largest absolute Gasteiger partial charge is 0.508 e. The monoisotopic (exact) mass is 288 g/mol. The molecule has 2 fully saturated rings. The summed E-state index contributed by atoms with van der Waals surface area (Å²) in [5.74, 6) is 3.70. The van der Waals surface area contributed by atoms with E-state index in [9.17, 15) is 0 Å². The van der Waals surface area contributed by atoms with Crippen LogP contribution in [0.2, 0.25) is 0 Å². The molecule has 2 aliphatic carbocycles. The molecule has 2 saturated carbocycles. The number of phenolic OH excluding ortho intramolecular Hbond substituents is 1. The third kappa shape index (κ3) is 5.05. The van der Waals surface area contributed by atoms with Crippen LogP contribution in [0, 0.1) is 23.2 Å². The molecule has 1 aromatic carbocycles. The highest BCUT2D eigenvalue weighted by Crippen LogP contribution is 2.58. The lowest BCUT2D eigenvalue weighted by molar-refractivity contribution is 0.227. The molecule has 21 heavy (non-hydrogen) atoms. The van der Waals surface area contributed by atoms with E-state index < -0.39 is 0 Å². The fourth-order valence-corrected chi connectivity index (χ4v) is 3.47. The molecule has 1 nitrogen and oxygen atoms in total. The van der Waals surface area contributed by atoms with Crippen LogP contribution in [0.25, 0.3) is 0 Å². The Balaban J connectivity index is 0.000000154. The van der Waals surface area contributed by atoms with Gasteiger partial charge in [-0.1, -0.05) is 46.2 Å². The van der Waals surface area contributed by atoms with Crippen molar-refractivity contribution >= 4 is 0 Å². The number of benzene rings is 1. The van der Waals surface area contributed by atoms with Crippen LogP contribution in [0.3, 0.4) is 0 Å². The topological polar surface area (TPSA) is 20.2 Å². The molecule has 1 aromatic rings. The smallest absolute Gasteiger partial charge is 0.115 e. The van der Waals surface area contributed by atoms with E-state index >= 15 is 0 Å². The number of unbranched alkanes of at least 4 members (excludes halogenated alkanes) is 1. The predicted octanol–water partition coefficient (Wildman–Crippen LogP) is 5.81. The number of phenols is 1. The van der Waals surface area contributed by atoms with E-state index in [1.165, 1.54) is 31.2 Å². The predicted molar refractivity (Wildman–Crippen MR) is 90.5 cm³/mol. The van der Waals surface area contributed by atoms with Gasteiger partial charge in [-0.3, -0.25) is 0 Å². The van der Waals surface area contributed by atoms with Gasteiger partial charge in [0.05, 0.1) is 0 Å². The third-order valence-corrected chi connectivity index (χ3v) is 5.22. The maximum atomic E-state index is 8.98. The fourth-order valence-electron chi connectivity index (χ4n) is 3.47. The summed E-state index contributed by atoms with van der Waals surface area (Å²) in [5, 5.41) is 8.98. The van der Waals surface area contributed by atoms with Gasteiger partial charge in [-0.15, -0.1) is 0 Å². The van der Waals surface area contributed by atoms with Crippen LogP contribution in [0.5, 0.6) is 5.75 Å². The molecule has 1 heteroatoms. The highest BCUT2D eigenvalue weighted by Gasteiger charge is 2.48. The van der Waals surface area contributed by atoms with E-state index in [0.29, 0.717) is 11.2 Å². The molecule has 1 N–H and O–H groups in total. The van der Waals surface area contributed by atoms with Gasteiger partial charge in [0.15, 0.2) is 0 Å². The molecule has 0 bridgehead atoms. The minimum absolute atomic E-state index is 0.352. The first-order valence-corrected chi connectivity index (χ1v) is 8.68. The zero-order valence-corrected chi connectivity index (χ0v) is 14.2. The summed E-state index contributed by atoms with van der Waals surface area (Å²) in [6, 6.07) is 7.44. The number of rotatable bonds is 3. The Hall–Kier alpha value is -0.980. The van der Waals surface area contributed by atoms with E-state index in [1.807, 2.05) is 12.1 Å². The molecule has 0 aliphatic heterocycles.